The maximum atomic E-state index is 6.22. The van der Waals surface area contributed by atoms with Gasteiger partial charge in [0.25, 0.3) is 0 Å². The Kier molecular flexibility index (Phi) is 3.24. The molecule has 132 valence electrons. The number of hydrogen-bond donors (Lipinski definition) is 0. The molecule has 0 saturated carbocycles. The molecule has 0 saturated heterocycles. The van der Waals surface area contributed by atoms with E-state index in [2.05, 4.69) is 47.4 Å². The van der Waals surface area contributed by atoms with Crippen molar-refractivity contribution in [2.45, 2.75) is 32.6 Å². The maximum Gasteiger partial charge on any atom is 0.227 e. The van der Waals surface area contributed by atoms with E-state index >= 15 is 0 Å². The highest BCUT2D eigenvalue weighted by Crippen LogP contribution is 2.40. The van der Waals surface area contributed by atoms with Gasteiger partial charge >= 0.3 is 0 Å². The normalized spacial score (nSPS) is 14.3. The average Bonchev–Trinajstić information content (AvgIpc) is 3.24. The second kappa shape index (κ2) is 5.67. The average molecular weight is 369 g/mol. The van der Waals surface area contributed by atoms with Crippen LogP contribution in [0.1, 0.15) is 29.0 Å². The van der Waals surface area contributed by atoms with Crippen molar-refractivity contribution in [1.82, 2.24) is 4.98 Å². The number of rotatable bonds is 1. The van der Waals surface area contributed by atoms with Crippen molar-refractivity contribution in [2.24, 2.45) is 0 Å². The van der Waals surface area contributed by atoms with Gasteiger partial charge in [0.05, 0.1) is 0 Å². The van der Waals surface area contributed by atoms with Crippen LogP contribution >= 0.6 is 11.3 Å². The molecule has 1 aliphatic carbocycles. The zero-order valence-corrected chi connectivity index (χ0v) is 16.0. The van der Waals surface area contributed by atoms with Gasteiger partial charge in [-0.25, -0.2) is 4.98 Å². The van der Waals surface area contributed by atoms with Gasteiger partial charge in [-0.2, -0.15) is 0 Å². The van der Waals surface area contributed by atoms with Crippen molar-refractivity contribution in [3.8, 4) is 11.1 Å². The minimum absolute atomic E-state index is 0.728. The van der Waals surface area contributed by atoms with Gasteiger partial charge in [0.1, 0.15) is 5.58 Å². The van der Waals surface area contributed by atoms with Gasteiger partial charge in [-0.1, -0.05) is 24.3 Å². The molecule has 0 unspecified atom stereocenters. The smallest absolute Gasteiger partial charge is 0.227 e. The summed E-state index contributed by atoms with van der Waals surface area (Å²) >= 11 is 1.98. The summed E-state index contributed by atoms with van der Waals surface area (Å²) < 4.78 is 7.63. The highest BCUT2D eigenvalue weighted by atomic mass is 32.1. The topological polar surface area (TPSA) is 26.0 Å². The summed E-state index contributed by atoms with van der Waals surface area (Å²) in [5.74, 6) is 0. The van der Waals surface area contributed by atoms with E-state index in [0.717, 1.165) is 33.3 Å². The number of para-hydroxylation sites is 1. The van der Waals surface area contributed by atoms with Crippen LogP contribution < -0.4 is 0 Å². The number of aromatic nitrogens is 1. The Hall–Kier alpha value is -2.65. The fourth-order valence-corrected chi connectivity index (χ4v) is 5.70. The molecule has 0 amide bonds. The van der Waals surface area contributed by atoms with E-state index in [1.807, 2.05) is 24.3 Å². The molecule has 3 heteroatoms. The predicted octanol–water partition coefficient (Wildman–Crippen LogP) is 7.05. The highest BCUT2D eigenvalue weighted by molar-refractivity contribution is 7.19. The lowest BCUT2D eigenvalue weighted by Gasteiger charge is -2.10. The molecule has 27 heavy (non-hydrogen) atoms. The van der Waals surface area contributed by atoms with E-state index < -0.39 is 0 Å². The van der Waals surface area contributed by atoms with E-state index in [-0.39, 0.29) is 0 Å². The van der Waals surface area contributed by atoms with Crippen molar-refractivity contribution < 1.29 is 4.42 Å². The van der Waals surface area contributed by atoms with Gasteiger partial charge in [0.2, 0.25) is 5.71 Å². The van der Waals surface area contributed by atoms with Gasteiger partial charge in [-0.05, 0) is 73.4 Å². The van der Waals surface area contributed by atoms with Crippen LogP contribution in [0.3, 0.4) is 0 Å². The Bertz CT molecular complexity index is 1340. The molecular weight excluding hydrogens is 350 g/mol. The van der Waals surface area contributed by atoms with Crippen LogP contribution in [-0.2, 0) is 12.8 Å². The number of nitrogens with zero attached hydrogens (tertiary/aromatic N) is 1. The molecule has 2 nitrogen and oxygen atoms in total. The van der Waals surface area contributed by atoms with Crippen LogP contribution in [0.25, 0.3) is 43.3 Å². The van der Waals surface area contributed by atoms with E-state index in [1.54, 1.807) is 10.4 Å². The van der Waals surface area contributed by atoms with Gasteiger partial charge in [-0.3, -0.25) is 0 Å². The first kappa shape index (κ1) is 15.4. The number of benzene rings is 2. The fraction of sp³-hybridized carbons (Fsp3) is 0.208. The summed E-state index contributed by atoms with van der Waals surface area (Å²) in [6.45, 7) is 2.00. The molecule has 0 radical (unpaired) electrons. The second-order valence-electron chi connectivity index (χ2n) is 7.51. The number of fused-ring (bicyclic) bond motifs is 6. The van der Waals surface area contributed by atoms with E-state index in [4.69, 9.17) is 4.42 Å². The van der Waals surface area contributed by atoms with Crippen molar-refractivity contribution in [2.75, 3.05) is 0 Å². The van der Waals surface area contributed by atoms with E-state index in [0.29, 0.717) is 0 Å². The lowest BCUT2D eigenvalue weighted by Crippen LogP contribution is -1.97. The summed E-state index contributed by atoms with van der Waals surface area (Å²) in [7, 11) is 0. The Morgan fingerprint density at radius 2 is 1.85 bits per heavy atom. The molecule has 0 bridgehead atoms. The standard InChI is InChI=1S/C24H19NOS/c1-14-9-11-19-18-7-4-6-16(23(18)26-24(19)25-14)15-10-12-22-20(13-15)17-5-2-3-8-21(17)27-22/h4,6-7,9-13H,2-3,5,8H2,1H3. The SMILES string of the molecule is Cc1ccc2c(n1)oc1c(-c3ccc4sc5c(c4c3)CCCC5)cccc12. The molecule has 0 atom stereocenters. The molecule has 5 aromatic rings. The number of furan rings is 1. The number of aryl methyl sites for hydroxylation is 3. The number of thiophene rings is 1. The zero-order valence-electron chi connectivity index (χ0n) is 15.2. The lowest BCUT2D eigenvalue weighted by atomic mass is 9.94. The predicted molar refractivity (Wildman–Crippen MR) is 114 cm³/mol. The second-order valence-corrected chi connectivity index (χ2v) is 8.65. The first-order valence-electron chi connectivity index (χ1n) is 9.61. The Balaban J connectivity index is 1.62. The molecule has 0 aliphatic heterocycles. The number of pyridine rings is 1. The molecule has 3 heterocycles. The van der Waals surface area contributed by atoms with E-state index in [9.17, 15) is 0 Å². The van der Waals surface area contributed by atoms with Gasteiger partial charge in [0.15, 0.2) is 0 Å². The van der Waals surface area contributed by atoms with Crippen molar-refractivity contribution in [3.63, 3.8) is 0 Å². The monoisotopic (exact) mass is 369 g/mol. The van der Waals surface area contributed by atoms with Crippen molar-refractivity contribution >= 4 is 43.5 Å². The first-order chi connectivity index (χ1) is 13.3. The number of hydrogen-bond acceptors (Lipinski definition) is 3. The van der Waals surface area contributed by atoms with Gasteiger partial charge in [-0.15, -0.1) is 11.3 Å². The van der Waals surface area contributed by atoms with Crippen LogP contribution in [-0.4, -0.2) is 4.98 Å². The third kappa shape index (κ3) is 2.28. The largest absolute Gasteiger partial charge is 0.437 e. The lowest BCUT2D eigenvalue weighted by molar-refractivity contribution is 0.653. The molecule has 1 aliphatic rings. The summed E-state index contributed by atoms with van der Waals surface area (Å²) in [5, 5.41) is 3.67. The summed E-state index contributed by atoms with van der Waals surface area (Å²) in [4.78, 5) is 6.17. The van der Waals surface area contributed by atoms with Crippen molar-refractivity contribution in [1.29, 1.82) is 0 Å². The Morgan fingerprint density at radius 1 is 0.926 bits per heavy atom. The summed E-state index contributed by atoms with van der Waals surface area (Å²) in [5.41, 5.74) is 6.61. The molecule has 6 rings (SSSR count). The van der Waals surface area contributed by atoms with Crippen LogP contribution in [0.5, 0.6) is 0 Å². The third-order valence-corrected chi connectivity index (χ3v) is 7.04. The highest BCUT2D eigenvalue weighted by Gasteiger charge is 2.18. The molecular formula is C24H19NOS. The zero-order chi connectivity index (χ0) is 18.0. The molecule has 2 aromatic carbocycles. The molecule has 3 aromatic heterocycles. The van der Waals surface area contributed by atoms with Crippen LogP contribution in [0.4, 0.5) is 0 Å². The van der Waals surface area contributed by atoms with Gasteiger partial charge in [0, 0.05) is 31.6 Å². The Labute approximate surface area is 161 Å². The van der Waals surface area contributed by atoms with E-state index in [1.165, 1.54) is 41.3 Å². The molecule has 0 fully saturated rings. The summed E-state index contributed by atoms with van der Waals surface area (Å²) in [6.07, 6.45) is 5.11. The van der Waals surface area contributed by atoms with Crippen molar-refractivity contribution in [3.05, 3.63) is 64.7 Å². The third-order valence-electron chi connectivity index (χ3n) is 5.77. The molecule has 0 N–H and O–H groups in total. The van der Waals surface area contributed by atoms with Crippen LogP contribution in [0.2, 0.25) is 0 Å². The minimum Gasteiger partial charge on any atom is -0.437 e. The maximum absolute atomic E-state index is 6.22. The molecule has 0 spiro atoms. The minimum atomic E-state index is 0.728. The Morgan fingerprint density at radius 3 is 2.81 bits per heavy atom. The quantitative estimate of drug-likeness (QED) is 0.316. The van der Waals surface area contributed by atoms with Gasteiger partial charge < -0.3 is 4.42 Å². The van der Waals surface area contributed by atoms with Crippen LogP contribution in [0.15, 0.2) is 52.9 Å². The van der Waals surface area contributed by atoms with Crippen LogP contribution in [0, 0.1) is 6.92 Å². The first-order valence-corrected chi connectivity index (χ1v) is 10.4. The fourth-order valence-electron chi connectivity index (χ4n) is 4.43. The summed E-state index contributed by atoms with van der Waals surface area (Å²) in [6, 6.07) is 17.5.